The average molecular weight is 581 g/mol. The maximum Gasteiger partial charge on any atom is 0.217 e. The van der Waals surface area contributed by atoms with Gasteiger partial charge in [-0.3, -0.25) is 4.79 Å². The molecular weight excluding hydrogens is 549 g/mol. The summed E-state index contributed by atoms with van der Waals surface area (Å²) in [6.45, 7) is 4.50. The maximum absolute atomic E-state index is 11.5. The molecule has 1 saturated heterocycles. The molecule has 0 spiro atoms. The van der Waals surface area contributed by atoms with E-state index in [0.717, 1.165) is 33.4 Å². The first-order valence-electron chi connectivity index (χ1n) is 13.1. The molecule has 3 aromatic carbocycles. The van der Waals surface area contributed by atoms with Gasteiger partial charge in [-0.05, 0) is 27.8 Å². The molecule has 1 aliphatic rings. The van der Waals surface area contributed by atoms with Gasteiger partial charge in [0, 0.05) is 24.9 Å². The van der Waals surface area contributed by atoms with Crippen molar-refractivity contribution in [2.75, 3.05) is 0 Å². The first-order chi connectivity index (χ1) is 19.3. The minimum atomic E-state index is -0.620. The van der Waals surface area contributed by atoms with Crippen molar-refractivity contribution >= 4 is 29.1 Å². The molecule has 1 amide bonds. The zero-order valence-electron chi connectivity index (χ0n) is 22.3. The Balaban J connectivity index is 1.43. The molecule has 2 heterocycles. The number of halogens is 2. The molecule has 5 rings (SSSR count). The predicted octanol–water partition coefficient (Wildman–Crippen LogP) is 6.48. The Bertz CT molecular complexity index is 1460. The zero-order valence-corrected chi connectivity index (χ0v) is 23.8. The number of hydrogen-bond acceptors (Lipinski definition) is 5. The summed E-state index contributed by atoms with van der Waals surface area (Å²) in [4.78, 5) is 15.6. The number of nitrogens with zero attached hydrogens (tertiary/aromatic N) is 2. The van der Waals surface area contributed by atoms with Crippen LogP contribution in [0.4, 0.5) is 0 Å². The summed E-state index contributed by atoms with van der Waals surface area (Å²) in [5.41, 5.74) is 5.83. The molecule has 1 aromatic heterocycles. The van der Waals surface area contributed by atoms with Crippen molar-refractivity contribution in [1.82, 2.24) is 14.9 Å². The second-order valence-corrected chi connectivity index (χ2v) is 10.7. The van der Waals surface area contributed by atoms with E-state index in [9.17, 15) is 9.90 Å². The van der Waals surface area contributed by atoms with Crippen LogP contribution in [0.1, 0.15) is 48.5 Å². The van der Waals surface area contributed by atoms with Crippen molar-refractivity contribution in [3.8, 4) is 11.1 Å². The lowest BCUT2D eigenvalue weighted by atomic mass is 9.90. The van der Waals surface area contributed by atoms with Crippen LogP contribution in [0.15, 0.2) is 79.1 Å². The number of aromatic nitrogens is 2. The quantitative estimate of drug-likeness (QED) is 0.249. The van der Waals surface area contributed by atoms with E-state index in [-0.39, 0.29) is 35.8 Å². The van der Waals surface area contributed by atoms with E-state index in [0.29, 0.717) is 18.2 Å². The van der Waals surface area contributed by atoms with Crippen molar-refractivity contribution in [2.45, 2.75) is 52.0 Å². The summed E-state index contributed by atoms with van der Waals surface area (Å²) in [5, 5.41) is 13.0. The lowest BCUT2D eigenvalue weighted by molar-refractivity contribution is -0.276. The van der Waals surface area contributed by atoms with Crippen LogP contribution < -0.4 is 5.32 Å². The van der Waals surface area contributed by atoms with Gasteiger partial charge in [0.05, 0.1) is 31.7 Å². The Morgan fingerprint density at radius 1 is 1.00 bits per heavy atom. The van der Waals surface area contributed by atoms with Gasteiger partial charge in [0.2, 0.25) is 5.91 Å². The zero-order chi connectivity index (χ0) is 28.2. The second-order valence-electron chi connectivity index (χ2n) is 9.99. The third-order valence-corrected chi connectivity index (χ3v) is 8.04. The number of amides is 1. The summed E-state index contributed by atoms with van der Waals surface area (Å²) in [6, 6.07) is 23.9. The highest BCUT2D eigenvalue weighted by molar-refractivity contribution is 6.40. The number of benzene rings is 3. The van der Waals surface area contributed by atoms with Gasteiger partial charge in [-0.1, -0.05) is 103 Å². The van der Waals surface area contributed by atoms with E-state index in [1.54, 1.807) is 10.9 Å². The van der Waals surface area contributed by atoms with Gasteiger partial charge in [0.25, 0.3) is 0 Å². The van der Waals surface area contributed by atoms with Gasteiger partial charge in [-0.25, -0.2) is 4.98 Å². The molecule has 7 nitrogen and oxygen atoms in total. The predicted molar refractivity (Wildman–Crippen MR) is 155 cm³/mol. The maximum atomic E-state index is 11.5. The van der Waals surface area contributed by atoms with E-state index in [2.05, 4.69) is 17.2 Å². The molecule has 4 unspecified atom stereocenters. The molecule has 1 fully saturated rings. The number of aliphatic hydroxyl groups excluding tert-OH is 1. The molecule has 1 aliphatic heterocycles. The van der Waals surface area contributed by atoms with E-state index >= 15 is 0 Å². The Hall–Kier alpha value is -3.20. The normalized spacial score (nSPS) is 20.8. The number of nitrogens with one attached hydrogen (secondary N) is 1. The van der Waals surface area contributed by atoms with Crippen LogP contribution in [0.2, 0.25) is 10.3 Å². The molecule has 0 bridgehead atoms. The fraction of sp³-hybridized carbons (Fsp3) is 0.290. The second kappa shape index (κ2) is 12.5. The minimum absolute atomic E-state index is 0.0180. The van der Waals surface area contributed by atoms with Crippen molar-refractivity contribution < 1.29 is 19.4 Å². The lowest BCUT2D eigenvalue weighted by Gasteiger charge is -2.41. The van der Waals surface area contributed by atoms with Crippen molar-refractivity contribution in [2.24, 2.45) is 5.92 Å². The average Bonchev–Trinajstić information content (AvgIpc) is 3.29. The number of aliphatic hydroxyl groups is 1. The van der Waals surface area contributed by atoms with Crippen LogP contribution in [0.3, 0.4) is 0 Å². The molecule has 2 N–H and O–H groups in total. The van der Waals surface area contributed by atoms with E-state index in [1.165, 1.54) is 6.92 Å². The molecule has 9 heteroatoms. The Morgan fingerprint density at radius 2 is 1.70 bits per heavy atom. The van der Waals surface area contributed by atoms with Gasteiger partial charge in [-0.15, -0.1) is 0 Å². The number of hydrogen-bond donors (Lipinski definition) is 2. The minimum Gasteiger partial charge on any atom is -0.392 e. The van der Waals surface area contributed by atoms with Gasteiger partial charge >= 0.3 is 0 Å². The van der Waals surface area contributed by atoms with Crippen LogP contribution in [0.5, 0.6) is 0 Å². The highest BCUT2D eigenvalue weighted by Gasteiger charge is 2.38. The van der Waals surface area contributed by atoms with Crippen molar-refractivity contribution in [3.63, 3.8) is 0 Å². The Kier molecular flexibility index (Phi) is 8.88. The highest BCUT2D eigenvalue weighted by Crippen LogP contribution is 2.42. The molecule has 0 aliphatic carbocycles. The van der Waals surface area contributed by atoms with Crippen LogP contribution in [0.25, 0.3) is 11.1 Å². The van der Waals surface area contributed by atoms with Crippen LogP contribution in [-0.2, 0) is 34.0 Å². The van der Waals surface area contributed by atoms with Crippen molar-refractivity contribution in [3.05, 3.63) is 112 Å². The Labute approximate surface area is 243 Å². The summed E-state index contributed by atoms with van der Waals surface area (Å²) < 4.78 is 14.9. The lowest BCUT2D eigenvalue weighted by Crippen LogP contribution is -2.39. The molecule has 0 saturated carbocycles. The number of carbonyl (C=O) groups excluding carboxylic acids is 1. The third kappa shape index (κ3) is 6.24. The summed E-state index contributed by atoms with van der Waals surface area (Å²) in [5.74, 6) is -0.0891. The molecular formula is C31H31Cl2N3O4. The van der Waals surface area contributed by atoms with E-state index in [4.69, 9.17) is 32.7 Å². The Morgan fingerprint density at radius 3 is 2.35 bits per heavy atom. The summed E-state index contributed by atoms with van der Waals surface area (Å²) in [7, 11) is 0. The van der Waals surface area contributed by atoms with E-state index < -0.39 is 6.29 Å². The SMILES string of the molecule is CC(=O)NCc1ccccc1-c1ccc(C2OC(Cn3cnc(Cl)c3Cl)C(C)C(c3ccc(CO)cc3)O2)cc1. The smallest absolute Gasteiger partial charge is 0.217 e. The van der Waals surface area contributed by atoms with E-state index in [1.807, 2.05) is 72.8 Å². The monoisotopic (exact) mass is 579 g/mol. The summed E-state index contributed by atoms with van der Waals surface area (Å²) in [6.07, 6.45) is 0.489. The first kappa shape index (κ1) is 28.3. The van der Waals surface area contributed by atoms with Crippen molar-refractivity contribution in [1.29, 1.82) is 0 Å². The fourth-order valence-electron chi connectivity index (χ4n) is 4.99. The van der Waals surface area contributed by atoms with Crippen LogP contribution >= 0.6 is 23.2 Å². The van der Waals surface area contributed by atoms with Crippen LogP contribution in [-0.4, -0.2) is 26.7 Å². The number of imidazole rings is 1. The molecule has 0 radical (unpaired) electrons. The molecule has 4 aromatic rings. The highest BCUT2D eigenvalue weighted by atomic mass is 35.5. The standard InChI is InChI=1S/C31H31Cl2N3O4/c1-19-27(16-36-18-35-29(32)30(36)33)39-31(40-28(19)23-9-7-21(17-37)8-10-23)24-13-11-22(12-14-24)26-6-4-3-5-25(26)15-34-20(2)38/h3-14,18-19,27-28,31,37H,15-17H2,1-2H3,(H,34,38). The number of ether oxygens (including phenoxy) is 2. The first-order valence-corrected chi connectivity index (χ1v) is 13.9. The topological polar surface area (TPSA) is 85.6 Å². The number of carbonyl (C=O) groups is 1. The fourth-order valence-corrected chi connectivity index (χ4v) is 5.30. The van der Waals surface area contributed by atoms with Gasteiger partial charge in [0.15, 0.2) is 11.4 Å². The van der Waals surface area contributed by atoms with Crippen LogP contribution in [0, 0.1) is 5.92 Å². The molecule has 40 heavy (non-hydrogen) atoms. The molecule has 4 atom stereocenters. The number of rotatable bonds is 8. The van der Waals surface area contributed by atoms with Gasteiger partial charge in [0.1, 0.15) is 5.15 Å². The van der Waals surface area contributed by atoms with Gasteiger partial charge in [-0.2, -0.15) is 0 Å². The third-order valence-electron chi connectivity index (χ3n) is 7.27. The molecule has 208 valence electrons. The largest absolute Gasteiger partial charge is 0.392 e. The van der Waals surface area contributed by atoms with Gasteiger partial charge < -0.3 is 24.5 Å². The summed E-state index contributed by atoms with van der Waals surface area (Å²) >= 11 is 12.5.